The number of carbonyl (C=O) groups is 1. The predicted molar refractivity (Wildman–Crippen MR) is 76.1 cm³/mol. The highest BCUT2D eigenvalue weighted by atomic mass is 32.1. The number of amides is 1. The first-order valence-electron chi connectivity index (χ1n) is 5.83. The lowest BCUT2D eigenvalue weighted by Gasteiger charge is -2.06. The van der Waals surface area contributed by atoms with E-state index in [2.05, 4.69) is 5.32 Å². The van der Waals surface area contributed by atoms with E-state index in [1.807, 2.05) is 6.92 Å². The van der Waals surface area contributed by atoms with Crippen LogP contribution in [0.25, 0.3) is 5.57 Å². The summed E-state index contributed by atoms with van der Waals surface area (Å²) in [7, 11) is 0. The first-order valence-corrected chi connectivity index (χ1v) is 6.65. The summed E-state index contributed by atoms with van der Waals surface area (Å²) >= 11 is 1.22. The highest BCUT2D eigenvalue weighted by Gasteiger charge is 2.27. The van der Waals surface area contributed by atoms with Crippen LogP contribution in [0.5, 0.6) is 0 Å². The smallest absolute Gasteiger partial charge is 0.263 e. The van der Waals surface area contributed by atoms with Crippen LogP contribution in [0.2, 0.25) is 0 Å². The second-order valence-electron chi connectivity index (χ2n) is 4.64. The van der Waals surface area contributed by atoms with E-state index >= 15 is 0 Å². The summed E-state index contributed by atoms with van der Waals surface area (Å²) in [4.78, 5) is 12.5. The Bertz CT molecular complexity index is 524. The average Bonchev–Trinajstić information content (AvgIpc) is 3.04. The maximum Gasteiger partial charge on any atom is 0.263 e. The van der Waals surface area contributed by atoms with Crippen LogP contribution in [-0.4, -0.2) is 11.9 Å². The molecule has 0 unspecified atom stereocenters. The van der Waals surface area contributed by atoms with Crippen molar-refractivity contribution in [3.63, 3.8) is 0 Å². The van der Waals surface area contributed by atoms with Crippen LogP contribution < -0.4 is 22.5 Å². The highest BCUT2D eigenvalue weighted by Crippen LogP contribution is 2.38. The number of anilines is 2. The molecular weight excluding hydrogens is 248 g/mol. The van der Waals surface area contributed by atoms with Gasteiger partial charge in [0, 0.05) is 17.3 Å². The molecule has 0 atom stereocenters. The van der Waals surface area contributed by atoms with Gasteiger partial charge in [0.1, 0.15) is 4.88 Å². The van der Waals surface area contributed by atoms with E-state index in [-0.39, 0.29) is 5.91 Å². The molecule has 1 aliphatic rings. The number of hydrogen-bond acceptors (Lipinski definition) is 5. The van der Waals surface area contributed by atoms with Gasteiger partial charge in [-0.2, -0.15) is 0 Å². The standard InChI is InChI=1S/C12H18N4OS/c1-5(6(2)13)8-9(14)10(18-11(8)15)12(17)16-7-3-4-7/h7H,3-4,13-15H2,1-2H3,(H,16,17)/b6-5-. The molecule has 2 rings (SSSR count). The van der Waals surface area contributed by atoms with Crippen molar-refractivity contribution >= 4 is 33.5 Å². The van der Waals surface area contributed by atoms with Gasteiger partial charge in [-0.25, -0.2) is 0 Å². The van der Waals surface area contributed by atoms with Gasteiger partial charge < -0.3 is 22.5 Å². The molecule has 1 heterocycles. The quantitative estimate of drug-likeness (QED) is 0.665. The number of nitrogen functional groups attached to an aromatic ring is 2. The molecular formula is C12H18N4OS. The molecule has 1 saturated carbocycles. The Hall–Kier alpha value is -1.69. The maximum absolute atomic E-state index is 12.0. The fourth-order valence-corrected chi connectivity index (χ4v) is 2.64. The molecule has 5 nitrogen and oxygen atoms in total. The molecule has 0 radical (unpaired) electrons. The minimum Gasteiger partial charge on any atom is -0.402 e. The van der Waals surface area contributed by atoms with Crippen LogP contribution >= 0.6 is 11.3 Å². The molecule has 1 aromatic heterocycles. The van der Waals surface area contributed by atoms with Crippen molar-refractivity contribution in [3.8, 4) is 0 Å². The third-order valence-corrected chi connectivity index (χ3v) is 4.09. The zero-order valence-corrected chi connectivity index (χ0v) is 11.4. The number of rotatable bonds is 3. The van der Waals surface area contributed by atoms with Gasteiger partial charge in [0.2, 0.25) is 0 Å². The topological polar surface area (TPSA) is 107 Å². The van der Waals surface area contributed by atoms with E-state index in [1.165, 1.54) is 11.3 Å². The van der Waals surface area contributed by atoms with Crippen molar-refractivity contribution in [1.82, 2.24) is 5.32 Å². The molecule has 0 aliphatic heterocycles. The Balaban J connectivity index is 2.36. The van der Waals surface area contributed by atoms with E-state index in [9.17, 15) is 4.79 Å². The molecule has 0 saturated heterocycles. The normalized spacial score (nSPS) is 16.3. The summed E-state index contributed by atoms with van der Waals surface area (Å²) < 4.78 is 0. The van der Waals surface area contributed by atoms with E-state index in [4.69, 9.17) is 17.2 Å². The van der Waals surface area contributed by atoms with Gasteiger partial charge in [0.05, 0.1) is 10.7 Å². The fraction of sp³-hybridized carbons (Fsp3) is 0.417. The van der Waals surface area contributed by atoms with Gasteiger partial charge in [-0.05, 0) is 32.3 Å². The summed E-state index contributed by atoms with van der Waals surface area (Å²) in [6.07, 6.45) is 2.08. The lowest BCUT2D eigenvalue weighted by atomic mass is 10.1. The SMILES string of the molecule is C/C(N)=C(\C)c1c(N)sc(C(=O)NC2CC2)c1N. The Morgan fingerprint density at radius 3 is 2.44 bits per heavy atom. The van der Waals surface area contributed by atoms with Gasteiger partial charge in [-0.3, -0.25) is 4.79 Å². The van der Waals surface area contributed by atoms with Crippen LogP contribution in [-0.2, 0) is 0 Å². The first kappa shape index (κ1) is 12.8. The van der Waals surface area contributed by atoms with Gasteiger partial charge in [0.25, 0.3) is 5.91 Å². The zero-order valence-electron chi connectivity index (χ0n) is 10.5. The van der Waals surface area contributed by atoms with Gasteiger partial charge in [-0.15, -0.1) is 11.3 Å². The molecule has 7 N–H and O–H groups in total. The number of hydrogen-bond donors (Lipinski definition) is 4. The van der Waals surface area contributed by atoms with Crippen molar-refractivity contribution < 1.29 is 4.79 Å². The van der Waals surface area contributed by atoms with Crippen molar-refractivity contribution in [2.24, 2.45) is 5.73 Å². The first-order chi connectivity index (χ1) is 8.41. The Kier molecular flexibility index (Phi) is 3.21. The largest absolute Gasteiger partial charge is 0.402 e. The van der Waals surface area contributed by atoms with Gasteiger partial charge in [0.15, 0.2) is 0 Å². The fourth-order valence-electron chi connectivity index (χ4n) is 1.69. The van der Waals surface area contributed by atoms with Gasteiger partial charge >= 0.3 is 0 Å². The van der Waals surface area contributed by atoms with Crippen molar-refractivity contribution in [3.05, 3.63) is 16.1 Å². The summed E-state index contributed by atoms with van der Waals surface area (Å²) in [5.41, 5.74) is 20.3. The molecule has 1 fully saturated rings. The molecule has 1 aromatic rings. The monoisotopic (exact) mass is 266 g/mol. The molecule has 6 heteroatoms. The minimum atomic E-state index is -0.138. The van der Waals surface area contributed by atoms with Crippen LogP contribution in [0.3, 0.4) is 0 Å². The lowest BCUT2D eigenvalue weighted by Crippen LogP contribution is -2.25. The Morgan fingerprint density at radius 1 is 1.33 bits per heavy atom. The van der Waals surface area contributed by atoms with Gasteiger partial charge in [-0.1, -0.05) is 0 Å². The number of nitrogens with one attached hydrogen (secondary N) is 1. The Labute approximate surface area is 110 Å². The van der Waals surface area contributed by atoms with E-state index in [0.29, 0.717) is 32.9 Å². The van der Waals surface area contributed by atoms with E-state index in [1.54, 1.807) is 6.92 Å². The minimum absolute atomic E-state index is 0.138. The van der Waals surface area contributed by atoms with Crippen molar-refractivity contribution in [2.75, 3.05) is 11.5 Å². The van der Waals surface area contributed by atoms with Crippen LogP contribution in [0.15, 0.2) is 5.70 Å². The molecule has 0 bridgehead atoms. The van der Waals surface area contributed by atoms with Crippen LogP contribution in [0, 0.1) is 0 Å². The zero-order chi connectivity index (χ0) is 13.4. The number of nitrogens with two attached hydrogens (primary N) is 3. The predicted octanol–water partition coefficient (Wildman–Crippen LogP) is 1.51. The van der Waals surface area contributed by atoms with Crippen LogP contribution in [0.4, 0.5) is 10.7 Å². The molecule has 18 heavy (non-hydrogen) atoms. The maximum atomic E-state index is 12.0. The van der Waals surface area contributed by atoms with Crippen LogP contribution in [0.1, 0.15) is 41.9 Å². The summed E-state index contributed by atoms with van der Waals surface area (Å²) in [5, 5.41) is 3.45. The average molecular weight is 266 g/mol. The van der Waals surface area contributed by atoms with Crippen molar-refractivity contribution in [2.45, 2.75) is 32.7 Å². The number of allylic oxidation sites excluding steroid dienone is 2. The molecule has 1 aliphatic carbocycles. The summed E-state index contributed by atoms with van der Waals surface area (Å²) in [6, 6.07) is 0.302. The molecule has 0 spiro atoms. The van der Waals surface area contributed by atoms with Crippen molar-refractivity contribution in [1.29, 1.82) is 0 Å². The second-order valence-corrected chi connectivity index (χ2v) is 5.69. The Morgan fingerprint density at radius 2 is 1.94 bits per heavy atom. The number of carbonyl (C=O) groups excluding carboxylic acids is 1. The summed E-state index contributed by atoms with van der Waals surface area (Å²) in [5.74, 6) is -0.138. The molecule has 0 aromatic carbocycles. The number of thiophene rings is 1. The third-order valence-electron chi connectivity index (χ3n) is 3.06. The third kappa shape index (κ3) is 2.28. The molecule has 1 amide bonds. The lowest BCUT2D eigenvalue weighted by molar-refractivity contribution is 0.0956. The summed E-state index contributed by atoms with van der Waals surface area (Å²) in [6.45, 7) is 3.64. The molecule has 98 valence electrons. The van der Waals surface area contributed by atoms with E-state index < -0.39 is 0 Å². The highest BCUT2D eigenvalue weighted by molar-refractivity contribution is 7.18. The van der Waals surface area contributed by atoms with E-state index in [0.717, 1.165) is 18.4 Å². The second kappa shape index (κ2) is 4.53.